The summed E-state index contributed by atoms with van der Waals surface area (Å²) in [4.78, 5) is 22.6. The first kappa shape index (κ1) is 17.9. The summed E-state index contributed by atoms with van der Waals surface area (Å²) in [7, 11) is 0. The average molecular weight is 328 g/mol. The molecule has 21 heavy (non-hydrogen) atoms. The van der Waals surface area contributed by atoms with Gasteiger partial charge in [-0.25, -0.2) is 9.59 Å². The zero-order valence-corrected chi connectivity index (χ0v) is 12.6. The maximum absolute atomic E-state index is 12.8. The molecule has 3 unspecified atom stereocenters. The van der Waals surface area contributed by atoms with Crippen molar-refractivity contribution in [3.63, 3.8) is 0 Å². The Morgan fingerprint density at radius 2 is 1.95 bits per heavy atom. The topological polar surface area (TPSA) is 78.4 Å². The summed E-state index contributed by atoms with van der Waals surface area (Å²) < 4.78 is 38.4. The van der Waals surface area contributed by atoms with E-state index in [-0.39, 0.29) is 11.3 Å². The molecule has 1 rings (SSSR count). The second-order valence-corrected chi connectivity index (χ2v) is 6.57. The Morgan fingerprint density at radius 3 is 2.43 bits per heavy atom. The van der Waals surface area contributed by atoms with Crippen LogP contribution < -0.4 is 10.6 Å². The Labute approximate surface area is 125 Å². The molecule has 0 radical (unpaired) electrons. The van der Waals surface area contributed by atoms with Crippen LogP contribution in [0.2, 0.25) is 0 Å². The van der Waals surface area contributed by atoms with E-state index in [0.29, 0.717) is 13.3 Å². The Balaban J connectivity index is 2.69. The third kappa shape index (κ3) is 4.18. The van der Waals surface area contributed by atoms with Gasteiger partial charge in [0.2, 0.25) is 5.54 Å². The second-order valence-electron chi connectivity index (χ2n) is 5.06. The number of hydrogen-bond donors (Lipinski definition) is 3. The molecule has 122 valence electrons. The fourth-order valence-corrected chi connectivity index (χ4v) is 3.38. The number of thioether (sulfide) groups is 1. The molecule has 1 fully saturated rings. The van der Waals surface area contributed by atoms with Gasteiger partial charge in [0.25, 0.3) is 0 Å². The molecule has 0 aliphatic heterocycles. The molecule has 1 aliphatic rings. The lowest BCUT2D eigenvalue weighted by molar-refractivity contribution is -0.203. The van der Waals surface area contributed by atoms with Gasteiger partial charge in [0.05, 0.1) is 0 Å². The van der Waals surface area contributed by atoms with Crippen LogP contribution in [0.4, 0.5) is 18.0 Å². The number of halogens is 3. The van der Waals surface area contributed by atoms with E-state index in [0.717, 1.165) is 18.6 Å². The highest BCUT2D eigenvalue weighted by Crippen LogP contribution is 2.32. The van der Waals surface area contributed by atoms with E-state index in [9.17, 15) is 22.8 Å². The third-order valence-electron chi connectivity index (χ3n) is 3.51. The van der Waals surface area contributed by atoms with Gasteiger partial charge in [-0.1, -0.05) is 13.3 Å². The van der Waals surface area contributed by atoms with E-state index >= 15 is 0 Å². The molecule has 5 nitrogen and oxygen atoms in total. The fourth-order valence-electron chi connectivity index (χ4n) is 2.18. The van der Waals surface area contributed by atoms with Crippen molar-refractivity contribution in [2.75, 3.05) is 5.75 Å². The predicted molar refractivity (Wildman–Crippen MR) is 73.3 cm³/mol. The third-order valence-corrected chi connectivity index (χ3v) is 4.83. The summed E-state index contributed by atoms with van der Waals surface area (Å²) in [6, 6.07) is -1.34. The van der Waals surface area contributed by atoms with Crippen LogP contribution in [0, 0.1) is 0 Å². The predicted octanol–water partition coefficient (Wildman–Crippen LogP) is 2.37. The van der Waals surface area contributed by atoms with Crippen molar-refractivity contribution in [3.05, 3.63) is 0 Å². The van der Waals surface area contributed by atoms with Crippen LogP contribution in [-0.2, 0) is 4.79 Å². The molecule has 2 amide bonds. The largest absolute Gasteiger partial charge is 0.479 e. The van der Waals surface area contributed by atoms with Crippen LogP contribution in [0.15, 0.2) is 0 Å². The van der Waals surface area contributed by atoms with Gasteiger partial charge in [0.1, 0.15) is 0 Å². The number of carbonyl (C=O) groups excluding carboxylic acids is 1. The maximum atomic E-state index is 12.8. The number of carboxylic acid groups (broad SMARTS) is 1. The van der Waals surface area contributed by atoms with Gasteiger partial charge in [-0.05, 0) is 25.5 Å². The summed E-state index contributed by atoms with van der Waals surface area (Å²) in [5.41, 5.74) is -3.30. The lowest BCUT2D eigenvalue weighted by atomic mass is 10.0. The number of aliphatic carboxylic acids is 1. The monoisotopic (exact) mass is 328 g/mol. The molecule has 0 aromatic rings. The first-order chi connectivity index (χ1) is 9.61. The first-order valence-corrected chi connectivity index (χ1v) is 7.67. The minimum Gasteiger partial charge on any atom is -0.479 e. The van der Waals surface area contributed by atoms with Crippen LogP contribution in [-0.4, -0.2) is 45.9 Å². The zero-order chi connectivity index (χ0) is 16.3. The highest BCUT2D eigenvalue weighted by atomic mass is 32.2. The second kappa shape index (κ2) is 6.76. The maximum Gasteiger partial charge on any atom is 0.422 e. The molecule has 0 saturated heterocycles. The highest BCUT2D eigenvalue weighted by molar-refractivity contribution is 7.99. The molecule has 9 heteroatoms. The SMILES string of the molecule is CCSC1CCCC1NC(=O)NC(C)(C(=O)O)C(F)(F)F. The van der Waals surface area contributed by atoms with E-state index in [4.69, 9.17) is 5.11 Å². The van der Waals surface area contributed by atoms with Crippen molar-refractivity contribution in [2.45, 2.75) is 56.1 Å². The highest BCUT2D eigenvalue weighted by Gasteiger charge is 2.58. The summed E-state index contributed by atoms with van der Waals surface area (Å²) in [6.45, 7) is 2.40. The molecule has 3 N–H and O–H groups in total. The Kier molecular flexibility index (Phi) is 5.77. The fraction of sp³-hybridized carbons (Fsp3) is 0.833. The van der Waals surface area contributed by atoms with Gasteiger partial charge in [0, 0.05) is 11.3 Å². The smallest absolute Gasteiger partial charge is 0.422 e. The number of amides is 2. The quantitative estimate of drug-likeness (QED) is 0.724. The Hall–Kier alpha value is -1.12. The normalized spacial score (nSPS) is 25.2. The Morgan fingerprint density at radius 1 is 1.33 bits per heavy atom. The van der Waals surface area contributed by atoms with E-state index in [1.165, 1.54) is 5.32 Å². The van der Waals surface area contributed by atoms with E-state index in [2.05, 4.69) is 5.32 Å². The molecule has 3 atom stereocenters. The lowest BCUT2D eigenvalue weighted by Crippen LogP contribution is -2.64. The number of urea groups is 1. The molecule has 1 saturated carbocycles. The molecule has 0 aromatic heterocycles. The minimum absolute atomic E-state index is 0.155. The van der Waals surface area contributed by atoms with E-state index in [1.54, 1.807) is 11.8 Å². The number of carboxylic acids is 1. The van der Waals surface area contributed by atoms with E-state index < -0.39 is 23.7 Å². The number of alkyl halides is 3. The minimum atomic E-state index is -5.08. The van der Waals surface area contributed by atoms with Gasteiger partial charge in [-0.2, -0.15) is 24.9 Å². The lowest BCUT2D eigenvalue weighted by Gasteiger charge is -2.30. The van der Waals surface area contributed by atoms with Gasteiger partial charge < -0.3 is 15.7 Å². The van der Waals surface area contributed by atoms with Crippen molar-refractivity contribution in [1.82, 2.24) is 10.6 Å². The first-order valence-electron chi connectivity index (χ1n) is 6.62. The van der Waals surface area contributed by atoms with Crippen molar-refractivity contribution < 1.29 is 27.9 Å². The van der Waals surface area contributed by atoms with Gasteiger partial charge in [-0.3, -0.25) is 0 Å². The van der Waals surface area contributed by atoms with Crippen LogP contribution in [0.25, 0.3) is 0 Å². The summed E-state index contributed by atoms with van der Waals surface area (Å²) in [5.74, 6) is -1.30. The van der Waals surface area contributed by atoms with Crippen molar-refractivity contribution in [3.8, 4) is 0 Å². The van der Waals surface area contributed by atoms with Crippen molar-refractivity contribution in [2.24, 2.45) is 0 Å². The summed E-state index contributed by atoms with van der Waals surface area (Å²) in [5, 5.41) is 12.9. The number of nitrogens with one attached hydrogen (secondary N) is 2. The number of hydrogen-bond acceptors (Lipinski definition) is 3. The number of rotatable bonds is 5. The van der Waals surface area contributed by atoms with Gasteiger partial charge in [-0.15, -0.1) is 0 Å². The van der Waals surface area contributed by atoms with Crippen LogP contribution in [0.5, 0.6) is 0 Å². The van der Waals surface area contributed by atoms with Crippen LogP contribution >= 0.6 is 11.8 Å². The molecule has 1 aliphatic carbocycles. The molecule has 0 aromatic carbocycles. The molecule has 0 spiro atoms. The molecular weight excluding hydrogens is 309 g/mol. The Bertz CT molecular complexity index is 406. The molecular formula is C12H19F3N2O3S. The standard InChI is InChI=1S/C12H19F3N2O3S/c1-3-21-8-6-4-5-7(8)16-10(20)17-11(2,9(18)19)12(13,14)15/h7-8H,3-6H2,1-2H3,(H,18,19)(H2,16,17,20). The van der Waals surface area contributed by atoms with Crippen LogP contribution in [0.1, 0.15) is 33.1 Å². The summed E-state index contributed by atoms with van der Waals surface area (Å²) >= 11 is 1.64. The van der Waals surface area contributed by atoms with Gasteiger partial charge >= 0.3 is 18.2 Å². The summed E-state index contributed by atoms with van der Waals surface area (Å²) in [6.07, 6.45) is -2.62. The number of carbonyl (C=O) groups is 2. The van der Waals surface area contributed by atoms with E-state index in [1.807, 2.05) is 6.92 Å². The van der Waals surface area contributed by atoms with Crippen molar-refractivity contribution in [1.29, 1.82) is 0 Å². The molecule has 0 heterocycles. The zero-order valence-electron chi connectivity index (χ0n) is 11.8. The van der Waals surface area contributed by atoms with Crippen molar-refractivity contribution >= 4 is 23.8 Å². The molecule has 0 bridgehead atoms. The van der Waals surface area contributed by atoms with Gasteiger partial charge in [0.15, 0.2) is 0 Å². The average Bonchev–Trinajstić information content (AvgIpc) is 2.75. The van der Waals surface area contributed by atoms with Crippen LogP contribution in [0.3, 0.4) is 0 Å².